The monoisotopic (exact) mass is 432 g/mol. The van der Waals surface area contributed by atoms with Crippen LogP contribution in [0.2, 0.25) is 0 Å². The van der Waals surface area contributed by atoms with Gasteiger partial charge in [-0.05, 0) is 30.2 Å². The maximum atomic E-state index is 12.3. The van der Waals surface area contributed by atoms with Crippen LogP contribution in [0.25, 0.3) is 16.9 Å². The molecule has 1 aromatic carbocycles. The molecule has 31 heavy (non-hydrogen) atoms. The lowest BCUT2D eigenvalue weighted by molar-refractivity contribution is -0.120. The minimum Gasteiger partial charge on any atom is -0.352 e. The summed E-state index contributed by atoms with van der Waals surface area (Å²) in [4.78, 5) is 39.2. The maximum absolute atomic E-state index is 12.3. The molecule has 5 rings (SSSR count). The van der Waals surface area contributed by atoms with Gasteiger partial charge < -0.3 is 5.32 Å². The number of nitrogens with zero attached hydrogens (tertiary/aromatic N) is 5. The second-order valence-electron chi connectivity index (χ2n) is 7.35. The number of aromatic nitrogens is 4. The number of imidazole rings is 1. The SMILES string of the molecule is O=C(Cc1csc(N2CCCC2=O)n1)NCc1ccc(-n2cnc3ccccc32)nc1. The molecule has 1 fully saturated rings. The summed E-state index contributed by atoms with van der Waals surface area (Å²) in [5.74, 6) is 0.759. The molecule has 1 saturated heterocycles. The maximum Gasteiger partial charge on any atom is 0.228 e. The van der Waals surface area contributed by atoms with Crippen molar-refractivity contribution >= 4 is 39.3 Å². The second kappa shape index (κ2) is 8.27. The fourth-order valence-corrected chi connectivity index (χ4v) is 4.45. The summed E-state index contributed by atoms with van der Waals surface area (Å²) >= 11 is 1.40. The number of fused-ring (bicyclic) bond motifs is 1. The molecule has 0 unspecified atom stereocenters. The minimum atomic E-state index is -0.116. The summed E-state index contributed by atoms with van der Waals surface area (Å²) in [5.41, 5.74) is 3.50. The normalized spacial score (nSPS) is 13.8. The quantitative estimate of drug-likeness (QED) is 0.506. The molecule has 0 saturated carbocycles. The van der Waals surface area contributed by atoms with Crippen molar-refractivity contribution in [2.45, 2.75) is 25.8 Å². The largest absolute Gasteiger partial charge is 0.352 e. The van der Waals surface area contributed by atoms with Gasteiger partial charge in [-0.15, -0.1) is 11.3 Å². The smallest absolute Gasteiger partial charge is 0.228 e. The zero-order chi connectivity index (χ0) is 21.2. The molecule has 9 heteroatoms. The number of benzene rings is 1. The fraction of sp³-hybridized carbons (Fsp3) is 0.227. The van der Waals surface area contributed by atoms with E-state index in [1.165, 1.54) is 11.3 Å². The van der Waals surface area contributed by atoms with Crippen LogP contribution in [0, 0.1) is 0 Å². The molecule has 2 amide bonds. The second-order valence-corrected chi connectivity index (χ2v) is 8.19. The lowest BCUT2D eigenvalue weighted by atomic mass is 10.2. The Hall–Kier alpha value is -3.59. The van der Waals surface area contributed by atoms with Crippen molar-refractivity contribution in [2.75, 3.05) is 11.4 Å². The van der Waals surface area contributed by atoms with Gasteiger partial charge in [-0.25, -0.2) is 15.0 Å². The Balaban J connectivity index is 1.18. The van der Waals surface area contributed by atoms with Crippen LogP contribution < -0.4 is 10.2 Å². The predicted molar refractivity (Wildman–Crippen MR) is 118 cm³/mol. The highest BCUT2D eigenvalue weighted by Gasteiger charge is 2.24. The van der Waals surface area contributed by atoms with E-state index in [1.807, 2.05) is 46.3 Å². The molecule has 0 aliphatic carbocycles. The van der Waals surface area contributed by atoms with Gasteiger partial charge in [0.05, 0.1) is 23.1 Å². The zero-order valence-electron chi connectivity index (χ0n) is 16.7. The van der Waals surface area contributed by atoms with Crippen molar-refractivity contribution in [1.82, 2.24) is 24.8 Å². The number of anilines is 1. The highest BCUT2D eigenvalue weighted by atomic mass is 32.1. The number of hydrogen-bond donors (Lipinski definition) is 1. The summed E-state index contributed by atoms with van der Waals surface area (Å²) in [6, 6.07) is 11.7. The van der Waals surface area contributed by atoms with Crippen LogP contribution in [-0.4, -0.2) is 37.9 Å². The van der Waals surface area contributed by atoms with Crippen LogP contribution in [0.3, 0.4) is 0 Å². The van der Waals surface area contributed by atoms with E-state index < -0.39 is 0 Å². The highest BCUT2D eigenvalue weighted by Crippen LogP contribution is 2.25. The van der Waals surface area contributed by atoms with Crippen LogP contribution in [0.15, 0.2) is 54.3 Å². The fourth-order valence-electron chi connectivity index (χ4n) is 3.58. The summed E-state index contributed by atoms with van der Waals surface area (Å²) < 4.78 is 1.93. The Bertz CT molecular complexity index is 1250. The first-order valence-electron chi connectivity index (χ1n) is 10.1. The lowest BCUT2D eigenvalue weighted by Gasteiger charge is -2.10. The van der Waals surface area contributed by atoms with Crippen LogP contribution in [0.5, 0.6) is 0 Å². The van der Waals surface area contributed by atoms with Crippen molar-refractivity contribution in [2.24, 2.45) is 0 Å². The number of hydrogen-bond acceptors (Lipinski definition) is 6. The molecule has 1 aliphatic rings. The Morgan fingerprint density at radius 3 is 2.87 bits per heavy atom. The number of para-hydroxylation sites is 2. The molecule has 1 aliphatic heterocycles. The molecule has 156 valence electrons. The van der Waals surface area contributed by atoms with Gasteiger partial charge in [0.2, 0.25) is 11.8 Å². The molecule has 4 aromatic rings. The van der Waals surface area contributed by atoms with Crippen molar-refractivity contribution in [3.05, 3.63) is 65.6 Å². The molecule has 8 nitrogen and oxygen atoms in total. The van der Waals surface area contributed by atoms with Gasteiger partial charge in [0.15, 0.2) is 5.13 Å². The summed E-state index contributed by atoms with van der Waals surface area (Å²) in [6.07, 6.45) is 5.12. The average Bonchev–Trinajstić information content (AvgIpc) is 3.52. The van der Waals surface area contributed by atoms with Gasteiger partial charge in [0.1, 0.15) is 12.1 Å². The Labute approximate surface area is 182 Å². The van der Waals surface area contributed by atoms with Crippen LogP contribution in [0.1, 0.15) is 24.1 Å². The van der Waals surface area contributed by atoms with Gasteiger partial charge in [-0.2, -0.15) is 0 Å². The molecule has 0 radical (unpaired) electrons. The Kier molecular flexibility index (Phi) is 5.17. The highest BCUT2D eigenvalue weighted by molar-refractivity contribution is 7.14. The third-order valence-electron chi connectivity index (χ3n) is 5.18. The number of carbonyl (C=O) groups excluding carboxylic acids is 2. The van der Waals surface area contributed by atoms with E-state index >= 15 is 0 Å². The molecule has 0 atom stereocenters. The number of thiazole rings is 1. The van der Waals surface area contributed by atoms with Crippen LogP contribution in [0.4, 0.5) is 5.13 Å². The summed E-state index contributed by atoms with van der Waals surface area (Å²) in [7, 11) is 0. The van der Waals surface area contributed by atoms with Crippen molar-refractivity contribution in [3.8, 4) is 5.82 Å². The first-order chi connectivity index (χ1) is 15.2. The predicted octanol–water partition coefficient (Wildman–Crippen LogP) is 2.86. The van der Waals surface area contributed by atoms with Crippen molar-refractivity contribution in [1.29, 1.82) is 0 Å². The number of nitrogens with one attached hydrogen (secondary N) is 1. The van der Waals surface area contributed by atoms with Gasteiger partial charge in [-0.3, -0.25) is 19.1 Å². The number of rotatable bonds is 6. The number of pyridine rings is 1. The molecular weight excluding hydrogens is 412 g/mol. The Morgan fingerprint density at radius 2 is 2.06 bits per heavy atom. The van der Waals surface area contributed by atoms with Crippen LogP contribution >= 0.6 is 11.3 Å². The summed E-state index contributed by atoms with van der Waals surface area (Å²) in [5, 5.41) is 5.42. The first-order valence-corrected chi connectivity index (χ1v) is 10.9. The van der Waals surface area contributed by atoms with E-state index in [-0.39, 0.29) is 18.2 Å². The van der Waals surface area contributed by atoms with E-state index in [4.69, 9.17) is 0 Å². The third-order valence-corrected chi connectivity index (χ3v) is 6.10. The minimum absolute atomic E-state index is 0.102. The first kappa shape index (κ1) is 19.4. The van der Waals surface area contributed by atoms with E-state index in [2.05, 4.69) is 20.3 Å². The Morgan fingerprint density at radius 1 is 1.16 bits per heavy atom. The molecule has 3 aromatic heterocycles. The van der Waals surface area contributed by atoms with Crippen molar-refractivity contribution < 1.29 is 9.59 Å². The number of amides is 2. The zero-order valence-corrected chi connectivity index (χ0v) is 17.5. The topological polar surface area (TPSA) is 93.0 Å². The van der Waals surface area contributed by atoms with E-state index in [1.54, 1.807) is 17.4 Å². The lowest BCUT2D eigenvalue weighted by Crippen LogP contribution is -2.25. The van der Waals surface area contributed by atoms with Gasteiger partial charge >= 0.3 is 0 Å². The van der Waals surface area contributed by atoms with E-state index in [0.717, 1.165) is 28.8 Å². The third kappa shape index (κ3) is 4.04. The van der Waals surface area contributed by atoms with E-state index in [9.17, 15) is 9.59 Å². The molecule has 4 heterocycles. The molecular formula is C22H20N6O2S. The summed E-state index contributed by atoms with van der Waals surface area (Å²) in [6.45, 7) is 1.09. The standard InChI is InChI=1S/C22H20N6O2S/c29-20(10-16-13-31-22(26-16)27-9-3-6-21(27)30)24-12-15-7-8-19(23-11-15)28-14-25-17-4-1-2-5-18(17)28/h1-2,4-5,7-8,11,13-14H,3,6,9-10,12H2,(H,24,29). The molecule has 1 N–H and O–H groups in total. The van der Waals surface area contributed by atoms with Gasteiger partial charge in [0, 0.05) is 31.1 Å². The van der Waals surface area contributed by atoms with E-state index in [0.29, 0.717) is 30.3 Å². The number of carbonyl (C=O) groups is 2. The van der Waals surface area contributed by atoms with Gasteiger partial charge in [0.25, 0.3) is 0 Å². The average molecular weight is 433 g/mol. The van der Waals surface area contributed by atoms with Crippen molar-refractivity contribution in [3.63, 3.8) is 0 Å². The molecule has 0 spiro atoms. The van der Waals surface area contributed by atoms with Crippen LogP contribution in [-0.2, 0) is 22.6 Å². The molecule has 0 bridgehead atoms. The van der Waals surface area contributed by atoms with Gasteiger partial charge in [-0.1, -0.05) is 18.2 Å².